The lowest BCUT2D eigenvalue weighted by atomic mass is 9.89. The lowest BCUT2D eigenvalue weighted by Crippen LogP contribution is -2.41. The molecule has 3 atom stereocenters. The fraction of sp³-hybridized carbons (Fsp3) is 0.364. The summed E-state index contributed by atoms with van der Waals surface area (Å²) in [5.74, 6) is 2.30. The fourth-order valence-corrected chi connectivity index (χ4v) is 5.91. The van der Waals surface area contributed by atoms with E-state index in [0.29, 0.717) is 33.4 Å². The minimum atomic E-state index is -0.149. The van der Waals surface area contributed by atoms with E-state index in [1.165, 1.54) is 22.3 Å². The first kappa shape index (κ1) is 19.6. The maximum absolute atomic E-state index is 11.2. The monoisotopic (exact) mass is 442 g/mol. The lowest BCUT2D eigenvalue weighted by molar-refractivity contribution is 0.112. The van der Waals surface area contributed by atoms with E-state index in [1.54, 1.807) is 18.4 Å². The van der Waals surface area contributed by atoms with Crippen LogP contribution in [0.1, 0.15) is 36.8 Å². The van der Waals surface area contributed by atoms with Gasteiger partial charge in [0.2, 0.25) is 16.7 Å². The molecule has 0 amide bonds. The second-order valence-corrected chi connectivity index (χ2v) is 9.64. The van der Waals surface area contributed by atoms with Gasteiger partial charge in [0.05, 0.1) is 17.2 Å². The number of thiazole rings is 1. The molecule has 5 rings (SSSR count). The normalized spacial score (nSPS) is 21.3. The Morgan fingerprint density at radius 3 is 2.60 bits per heavy atom. The Balaban J connectivity index is 1.62. The van der Waals surface area contributed by atoms with Crippen molar-refractivity contribution >= 4 is 27.9 Å². The zero-order valence-corrected chi connectivity index (χ0v) is 18.4. The summed E-state index contributed by atoms with van der Waals surface area (Å²) >= 11 is 8.07. The Hall–Kier alpha value is -2.35. The Morgan fingerprint density at radius 2 is 1.93 bits per heavy atom. The summed E-state index contributed by atoms with van der Waals surface area (Å²) in [7, 11) is 0. The number of nitrogens with zero attached hydrogens (tertiary/aromatic N) is 4. The number of benzene rings is 1. The number of hydrogen-bond acceptors (Lipinski definition) is 6. The van der Waals surface area contributed by atoms with Gasteiger partial charge in [0.25, 0.3) is 0 Å². The number of rotatable bonds is 4. The van der Waals surface area contributed by atoms with E-state index in [9.17, 15) is 5.11 Å². The van der Waals surface area contributed by atoms with E-state index in [2.05, 4.69) is 28.8 Å². The number of hydrogen-bond donors (Lipinski definition) is 1. The van der Waals surface area contributed by atoms with Crippen LogP contribution in [0, 0.1) is 11.8 Å². The van der Waals surface area contributed by atoms with Crippen molar-refractivity contribution in [3.63, 3.8) is 0 Å². The molecule has 1 saturated heterocycles. The van der Waals surface area contributed by atoms with Gasteiger partial charge < -0.3 is 9.52 Å². The third kappa shape index (κ3) is 3.41. The molecule has 3 unspecified atom stereocenters. The predicted molar refractivity (Wildman–Crippen MR) is 118 cm³/mol. The molecule has 6 nitrogen and oxygen atoms in total. The van der Waals surface area contributed by atoms with Crippen molar-refractivity contribution in [3.05, 3.63) is 58.1 Å². The number of halogens is 1. The lowest BCUT2D eigenvalue weighted by Gasteiger charge is -2.40. The summed E-state index contributed by atoms with van der Waals surface area (Å²) in [6.45, 7) is 6.46. The smallest absolute Gasteiger partial charge is 0.230 e. The van der Waals surface area contributed by atoms with Gasteiger partial charge in [-0.05, 0) is 42.0 Å². The summed E-state index contributed by atoms with van der Waals surface area (Å²) in [4.78, 5) is 8.44. The van der Waals surface area contributed by atoms with Gasteiger partial charge >= 0.3 is 0 Å². The van der Waals surface area contributed by atoms with Crippen LogP contribution in [0.2, 0.25) is 5.02 Å². The molecule has 0 radical (unpaired) electrons. The van der Waals surface area contributed by atoms with Crippen molar-refractivity contribution in [2.45, 2.75) is 26.3 Å². The summed E-state index contributed by atoms with van der Waals surface area (Å²) in [6, 6.07) is 11.3. The van der Waals surface area contributed by atoms with E-state index in [-0.39, 0.29) is 11.9 Å². The first-order valence-corrected chi connectivity index (χ1v) is 11.3. The van der Waals surface area contributed by atoms with Gasteiger partial charge in [0.15, 0.2) is 5.76 Å². The molecule has 0 saturated carbocycles. The molecule has 3 aromatic heterocycles. The van der Waals surface area contributed by atoms with Gasteiger partial charge in [-0.1, -0.05) is 55.0 Å². The summed E-state index contributed by atoms with van der Waals surface area (Å²) in [5, 5.41) is 16.3. The number of furan rings is 1. The van der Waals surface area contributed by atoms with E-state index in [4.69, 9.17) is 16.0 Å². The zero-order chi connectivity index (χ0) is 20.8. The fourth-order valence-electron chi connectivity index (χ4n) is 4.56. The Labute approximate surface area is 183 Å². The van der Waals surface area contributed by atoms with Crippen molar-refractivity contribution in [1.29, 1.82) is 0 Å². The largest absolute Gasteiger partial charge is 0.492 e. The molecule has 0 spiro atoms. The van der Waals surface area contributed by atoms with E-state index < -0.39 is 0 Å². The molecule has 1 N–H and O–H groups in total. The van der Waals surface area contributed by atoms with E-state index in [0.717, 1.165) is 23.5 Å². The SMILES string of the molecule is CC1CC(C)CN(C(c2ccccc2Cl)c2sc3nc(-c4ccco4)nn3c2O)C1. The van der Waals surface area contributed by atoms with Crippen LogP contribution >= 0.6 is 22.9 Å². The van der Waals surface area contributed by atoms with Gasteiger partial charge in [0.1, 0.15) is 0 Å². The number of aromatic nitrogens is 3. The van der Waals surface area contributed by atoms with Crippen molar-refractivity contribution in [3.8, 4) is 17.5 Å². The third-order valence-corrected chi connectivity index (χ3v) is 7.07. The molecule has 1 fully saturated rings. The van der Waals surface area contributed by atoms with Crippen LogP contribution in [0.25, 0.3) is 16.5 Å². The molecular formula is C22H23ClN4O2S. The van der Waals surface area contributed by atoms with Gasteiger partial charge in [0, 0.05) is 18.1 Å². The van der Waals surface area contributed by atoms with Crippen LogP contribution in [0.15, 0.2) is 47.1 Å². The summed E-state index contributed by atoms with van der Waals surface area (Å²) in [5.41, 5.74) is 0.992. The molecule has 30 heavy (non-hydrogen) atoms. The number of piperidine rings is 1. The van der Waals surface area contributed by atoms with Gasteiger partial charge in [-0.15, -0.1) is 5.10 Å². The van der Waals surface area contributed by atoms with E-state index in [1.807, 2.05) is 24.3 Å². The van der Waals surface area contributed by atoms with Gasteiger partial charge in [-0.3, -0.25) is 4.90 Å². The highest BCUT2D eigenvalue weighted by Gasteiger charge is 2.34. The highest BCUT2D eigenvalue weighted by atomic mass is 35.5. The summed E-state index contributed by atoms with van der Waals surface area (Å²) in [6.07, 6.45) is 2.79. The minimum absolute atomic E-state index is 0.108. The van der Waals surface area contributed by atoms with Crippen LogP contribution in [-0.2, 0) is 0 Å². The molecule has 8 heteroatoms. The zero-order valence-electron chi connectivity index (χ0n) is 16.8. The number of fused-ring (bicyclic) bond motifs is 1. The van der Waals surface area contributed by atoms with Crippen molar-refractivity contribution in [2.24, 2.45) is 11.8 Å². The molecule has 4 aromatic rings. The third-order valence-electron chi connectivity index (χ3n) is 5.65. The molecule has 0 bridgehead atoms. The highest BCUT2D eigenvalue weighted by molar-refractivity contribution is 7.17. The van der Waals surface area contributed by atoms with E-state index >= 15 is 0 Å². The Bertz CT molecular complexity index is 1160. The molecule has 4 heterocycles. The molecular weight excluding hydrogens is 420 g/mol. The van der Waals surface area contributed by atoms with Crippen LogP contribution in [0.5, 0.6) is 5.88 Å². The van der Waals surface area contributed by atoms with Crippen LogP contribution < -0.4 is 0 Å². The Morgan fingerprint density at radius 1 is 1.17 bits per heavy atom. The van der Waals surface area contributed by atoms with Crippen molar-refractivity contribution in [2.75, 3.05) is 13.1 Å². The molecule has 156 valence electrons. The topological polar surface area (TPSA) is 66.8 Å². The predicted octanol–water partition coefficient (Wildman–Crippen LogP) is 5.48. The van der Waals surface area contributed by atoms with Crippen LogP contribution in [0.3, 0.4) is 0 Å². The van der Waals surface area contributed by atoms with Crippen molar-refractivity contribution < 1.29 is 9.52 Å². The molecule has 0 aliphatic carbocycles. The number of likely N-dealkylation sites (tertiary alicyclic amines) is 1. The van der Waals surface area contributed by atoms with Crippen molar-refractivity contribution in [1.82, 2.24) is 19.5 Å². The molecule has 1 aromatic carbocycles. The standard InChI is InChI=1S/C22H23ClN4O2S/c1-13-10-14(2)12-26(11-13)18(15-6-3-4-7-16(15)23)19-21(28)27-22(30-19)24-20(25-27)17-8-5-9-29-17/h3-9,13-14,18,28H,10-12H2,1-2H3. The minimum Gasteiger partial charge on any atom is -0.492 e. The van der Waals surface area contributed by atoms with Crippen LogP contribution in [0.4, 0.5) is 0 Å². The van der Waals surface area contributed by atoms with Crippen LogP contribution in [-0.4, -0.2) is 37.7 Å². The number of aromatic hydroxyl groups is 1. The molecule has 1 aliphatic heterocycles. The molecule has 1 aliphatic rings. The second-order valence-electron chi connectivity index (χ2n) is 8.22. The maximum Gasteiger partial charge on any atom is 0.230 e. The van der Waals surface area contributed by atoms with Gasteiger partial charge in [-0.2, -0.15) is 9.50 Å². The Kier molecular flexibility index (Phi) is 5.05. The second kappa shape index (κ2) is 7.72. The van der Waals surface area contributed by atoms with Gasteiger partial charge in [-0.25, -0.2) is 0 Å². The summed E-state index contributed by atoms with van der Waals surface area (Å²) < 4.78 is 6.90. The average Bonchev–Trinajstić information content (AvgIpc) is 3.42. The first-order valence-electron chi connectivity index (χ1n) is 10.1. The highest BCUT2D eigenvalue weighted by Crippen LogP contribution is 2.44. The quantitative estimate of drug-likeness (QED) is 0.453. The maximum atomic E-state index is 11.2. The first-order chi connectivity index (χ1) is 14.5. The average molecular weight is 443 g/mol.